The summed E-state index contributed by atoms with van der Waals surface area (Å²) in [6, 6.07) is 3.97. The maximum absolute atomic E-state index is 11.9. The van der Waals surface area contributed by atoms with Crippen LogP contribution in [0.4, 0.5) is 0 Å². The van der Waals surface area contributed by atoms with Crippen molar-refractivity contribution in [2.45, 2.75) is 52.2 Å². The van der Waals surface area contributed by atoms with Gasteiger partial charge in [-0.25, -0.2) is 4.98 Å². The van der Waals surface area contributed by atoms with Crippen molar-refractivity contribution in [3.05, 3.63) is 47.5 Å². The van der Waals surface area contributed by atoms with Gasteiger partial charge in [0.15, 0.2) is 0 Å². The SMILES string of the molecule is CCNC(=O)Cc1nccc2nn(Cc3cnc(OC4CCC4)c(C)c3)cc12. The van der Waals surface area contributed by atoms with Gasteiger partial charge in [-0.3, -0.25) is 14.5 Å². The highest BCUT2D eigenvalue weighted by molar-refractivity contribution is 5.86. The minimum absolute atomic E-state index is 0.0304. The Balaban J connectivity index is 1.51. The third-order valence-electron chi connectivity index (χ3n) is 5.03. The summed E-state index contributed by atoms with van der Waals surface area (Å²) in [4.78, 5) is 20.8. The van der Waals surface area contributed by atoms with Gasteiger partial charge < -0.3 is 10.1 Å². The van der Waals surface area contributed by atoms with Crippen LogP contribution in [0.3, 0.4) is 0 Å². The minimum atomic E-state index is -0.0304. The minimum Gasteiger partial charge on any atom is -0.474 e. The summed E-state index contributed by atoms with van der Waals surface area (Å²) in [6.45, 7) is 5.15. The number of carbonyl (C=O) groups excluding carboxylic acids is 1. The molecule has 28 heavy (non-hydrogen) atoms. The molecule has 0 spiro atoms. The maximum atomic E-state index is 11.9. The number of rotatable bonds is 7. The summed E-state index contributed by atoms with van der Waals surface area (Å²) in [5.74, 6) is 0.699. The lowest BCUT2D eigenvalue weighted by Crippen LogP contribution is -2.25. The molecular weight excluding hydrogens is 354 g/mol. The Bertz CT molecular complexity index is 994. The maximum Gasteiger partial charge on any atom is 0.226 e. The first-order chi connectivity index (χ1) is 13.6. The molecule has 3 aromatic heterocycles. The Labute approximate surface area is 164 Å². The monoisotopic (exact) mass is 379 g/mol. The van der Waals surface area contributed by atoms with Gasteiger partial charge in [0.05, 0.1) is 24.2 Å². The molecule has 0 unspecified atom stereocenters. The predicted octanol–water partition coefficient (Wildman–Crippen LogP) is 2.79. The average Bonchev–Trinajstić information content (AvgIpc) is 3.03. The van der Waals surface area contributed by atoms with Gasteiger partial charge in [0.1, 0.15) is 6.10 Å². The molecule has 146 valence electrons. The number of ether oxygens (including phenoxy) is 1. The smallest absolute Gasteiger partial charge is 0.226 e. The molecule has 4 rings (SSSR count). The topological polar surface area (TPSA) is 81.9 Å². The van der Waals surface area contributed by atoms with Crippen molar-refractivity contribution in [2.24, 2.45) is 0 Å². The molecule has 0 aliphatic heterocycles. The number of carbonyl (C=O) groups is 1. The van der Waals surface area contributed by atoms with Gasteiger partial charge >= 0.3 is 0 Å². The highest BCUT2D eigenvalue weighted by atomic mass is 16.5. The van der Waals surface area contributed by atoms with Crippen molar-refractivity contribution in [3.63, 3.8) is 0 Å². The van der Waals surface area contributed by atoms with Crippen LogP contribution in [0.2, 0.25) is 0 Å². The summed E-state index contributed by atoms with van der Waals surface area (Å²) in [6.07, 6.45) is 9.56. The highest BCUT2D eigenvalue weighted by Crippen LogP contribution is 2.26. The van der Waals surface area contributed by atoms with E-state index in [1.807, 2.05) is 37.0 Å². The molecule has 0 saturated heterocycles. The average molecular weight is 379 g/mol. The second kappa shape index (κ2) is 7.96. The fraction of sp³-hybridized carbons (Fsp3) is 0.429. The van der Waals surface area contributed by atoms with Crippen LogP contribution in [-0.2, 0) is 17.8 Å². The predicted molar refractivity (Wildman–Crippen MR) is 106 cm³/mol. The molecule has 0 radical (unpaired) electrons. The highest BCUT2D eigenvalue weighted by Gasteiger charge is 2.20. The number of amides is 1. The number of hydrogen-bond donors (Lipinski definition) is 1. The van der Waals surface area contributed by atoms with Crippen LogP contribution < -0.4 is 10.1 Å². The molecule has 7 heteroatoms. The van der Waals surface area contributed by atoms with Crippen LogP contribution in [0.1, 0.15) is 43.0 Å². The molecule has 0 bridgehead atoms. The van der Waals surface area contributed by atoms with Crippen LogP contribution >= 0.6 is 0 Å². The van der Waals surface area contributed by atoms with Crippen molar-refractivity contribution < 1.29 is 9.53 Å². The molecule has 7 nitrogen and oxygen atoms in total. The Morgan fingerprint density at radius 1 is 1.36 bits per heavy atom. The summed E-state index contributed by atoms with van der Waals surface area (Å²) >= 11 is 0. The van der Waals surface area contributed by atoms with Gasteiger partial charge in [-0.2, -0.15) is 5.10 Å². The van der Waals surface area contributed by atoms with Gasteiger partial charge in [0.25, 0.3) is 0 Å². The Morgan fingerprint density at radius 2 is 2.21 bits per heavy atom. The van der Waals surface area contributed by atoms with E-state index in [4.69, 9.17) is 4.74 Å². The lowest BCUT2D eigenvalue weighted by atomic mass is 9.96. The van der Waals surface area contributed by atoms with E-state index in [0.717, 1.165) is 46.4 Å². The van der Waals surface area contributed by atoms with E-state index in [1.54, 1.807) is 6.20 Å². The number of hydrogen-bond acceptors (Lipinski definition) is 5. The van der Waals surface area contributed by atoms with Crippen molar-refractivity contribution >= 4 is 16.8 Å². The number of aryl methyl sites for hydroxylation is 1. The lowest BCUT2D eigenvalue weighted by molar-refractivity contribution is -0.120. The van der Waals surface area contributed by atoms with E-state index >= 15 is 0 Å². The molecular formula is C21H25N5O2. The zero-order chi connectivity index (χ0) is 19.5. The second-order valence-electron chi connectivity index (χ2n) is 7.28. The molecule has 3 aromatic rings. The third-order valence-corrected chi connectivity index (χ3v) is 5.03. The van der Waals surface area contributed by atoms with Gasteiger partial charge in [-0.05, 0) is 50.8 Å². The number of nitrogens with one attached hydrogen (secondary N) is 1. The molecule has 1 aliphatic carbocycles. The summed E-state index contributed by atoms with van der Waals surface area (Å²) < 4.78 is 7.80. The molecule has 0 atom stereocenters. The molecule has 0 aromatic carbocycles. The standard InChI is InChI=1S/C21H25N5O2/c1-3-22-20(27)10-19-17-13-26(25-18(17)7-8-23-19)12-15-9-14(2)21(24-11-15)28-16-5-4-6-16/h7-9,11,13,16H,3-6,10,12H2,1-2H3,(H,22,27). The van der Waals surface area contributed by atoms with E-state index < -0.39 is 0 Å². The zero-order valence-electron chi connectivity index (χ0n) is 16.3. The van der Waals surface area contributed by atoms with Crippen LogP contribution in [0.25, 0.3) is 10.9 Å². The quantitative estimate of drug-likeness (QED) is 0.683. The van der Waals surface area contributed by atoms with Gasteiger partial charge in [0.2, 0.25) is 11.8 Å². The first kappa shape index (κ1) is 18.4. The summed E-state index contributed by atoms with van der Waals surface area (Å²) in [5, 5.41) is 8.35. The van der Waals surface area contributed by atoms with Crippen LogP contribution in [0, 0.1) is 6.92 Å². The van der Waals surface area contributed by atoms with E-state index in [1.165, 1.54) is 6.42 Å². The van der Waals surface area contributed by atoms with E-state index in [0.29, 0.717) is 19.2 Å². The van der Waals surface area contributed by atoms with Crippen molar-refractivity contribution in [1.29, 1.82) is 0 Å². The van der Waals surface area contributed by atoms with Crippen LogP contribution in [0.15, 0.2) is 30.7 Å². The fourth-order valence-electron chi connectivity index (χ4n) is 3.35. The number of pyridine rings is 2. The van der Waals surface area contributed by atoms with Gasteiger partial charge in [-0.1, -0.05) is 0 Å². The Hall–Kier alpha value is -2.96. The zero-order valence-corrected chi connectivity index (χ0v) is 16.3. The van der Waals surface area contributed by atoms with E-state index in [-0.39, 0.29) is 12.3 Å². The number of likely N-dealkylation sites (N-methyl/N-ethyl adjacent to an activating group) is 1. The van der Waals surface area contributed by atoms with E-state index in [2.05, 4.69) is 26.4 Å². The van der Waals surface area contributed by atoms with Crippen molar-refractivity contribution in [2.75, 3.05) is 6.54 Å². The van der Waals surface area contributed by atoms with Crippen molar-refractivity contribution in [3.8, 4) is 5.88 Å². The van der Waals surface area contributed by atoms with E-state index in [9.17, 15) is 4.79 Å². The van der Waals surface area contributed by atoms with Crippen molar-refractivity contribution in [1.82, 2.24) is 25.1 Å². The molecule has 1 amide bonds. The second-order valence-corrected chi connectivity index (χ2v) is 7.28. The molecule has 1 saturated carbocycles. The summed E-state index contributed by atoms with van der Waals surface area (Å²) in [5.41, 5.74) is 3.68. The first-order valence-corrected chi connectivity index (χ1v) is 9.82. The number of nitrogens with zero attached hydrogens (tertiary/aromatic N) is 4. The first-order valence-electron chi connectivity index (χ1n) is 9.82. The Kier molecular flexibility index (Phi) is 5.23. The third kappa shape index (κ3) is 3.98. The Morgan fingerprint density at radius 3 is 2.93 bits per heavy atom. The van der Waals surface area contributed by atoms with Crippen LogP contribution in [0.5, 0.6) is 5.88 Å². The lowest BCUT2D eigenvalue weighted by Gasteiger charge is -2.26. The summed E-state index contributed by atoms with van der Waals surface area (Å²) in [7, 11) is 0. The molecule has 1 aliphatic rings. The van der Waals surface area contributed by atoms with Crippen LogP contribution in [-0.4, -0.2) is 38.3 Å². The molecule has 1 N–H and O–H groups in total. The largest absolute Gasteiger partial charge is 0.474 e. The fourth-order valence-corrected chi connectivity index (χ4v) is 3.35. The molecule has 3 heterocycles. The van der Waals surface area contributed by atoms with Gasteiger partial charge in [0, 0.05) is 36.1 Å². The molecule has 1 fully saturated rings. The number of aromatic nitrogens is 4. The van der Waals surface area contributed by atoms with Gasteiger partial charge in [-0.15, -0.1) is 0 Å². The number of fused-ring (bicyclic) bond motifs is 1. The normalized spacial score (nSPS) is 14.1.